The number of aromatic nitrogens is 2. The first-order valence-electron chi connectivity index (χ1n) is 4.98. The number of nitrogens with two attached hydrogens (primary N) is 1. The first-order valence-corrected chi connectivity index (χ1v) is 4.98. The average molecular weight is 195 g/mol. The van der Waals surface area contributed by atoms with Crippen LogP contribution in [0.4, 0.5) is 0 Å². The molecule has 1 amide bonds. The van der Waals surface area contributed by atoms with E-state index in [1.54, 1.807) is 6.33 Å². The van der Waals surface area contributed by atoms with Crippen molar-refractivity contribution in [2.24, 2.45) is 5.73 Å². The molecule has 14 heavy (non-hydrogen) atoms. The van der Waals surface area contributed by atoms with Crippen LogP contribution in [-0.2, 0) is 6.54 Å². The predicted molar refractivity (Wildman–Crippen MR) is 55.0 cm³/mol. The zero-order valence-corrected chi connectivity index (χ0v) is 8.79. The van der Waals surface area contributed by atoms with Gasteiger partial charge in [0, 0.05) is 12.2 Å². The van der Waals surface area contributed by atoms with Gasteiger partial charge in [0.25, 0.3) is 5.91 Å². The van der Waals surface area contributed by atoms with E-state index in [4.69, 9.17) is 5.73 Å². The van der Waals surface area contributed by atoms with E-state index in [-0.39, 0.29) is 0 Å². The van der Waals surface area contributed by atoms with Crippen LogP contribution in [0.25, 0.3) is 0 Å². The maximum absolute atomic E-state index is 10.9. The number of unbranched alkanes of at least 4 members (excludes halogenated alkanes) is 2. The highest BCUT2D eigenvalue weighted by molar-refractivity contribution is 5.91. The highest BCUT2D eigenvalue weighted by atomic mass is 16.1. The van der Waals surface area contributed by atoms with Crippen molar-refractivity contribution in [1.29, 1.82) is 0 Å². The van der Waals surface area contributed by atoms with Gasteiger partial charge in [-0.3, -0.25) is 4.79 Å². The van der Waals surface area contributed by atoms with Crippen LogP contribution in [0.2, 0.25) is 0 Å². The van der Waals surface area contributed by atoms with Crippen molar-refractivity contribution in [3.63, 3.8) is 0 Å². The number of carbonyl (C=O) groups is 1. The number of rotatable bonds is 5. The van der Waals surface area contributed by atoms with E-state index in [0.717, 1.165) is 18.7 Å². The quantitative estimate of drug-likeness (QED) is 0.723. The maximum atomic E-state index is 10.9. The second-order valence-electron chi connectivity index (χ2n) is 3.44. The normalized spacial score (nSPS) is 10.4. The van der Waals surface area contributed by atoms with Crippen molar-refractivity contribution >= 4 is 5.91 Å². The molecule has 1 aromatic heterocycles. The van der Waals surface area contributed by atoms with Crippen molar-refractivity contribution in [2.45, 2.75) is 39.7 Å². The van der Waals surface area contributed by atoms with E-state index in [1.165, 1.54) is 12.8 Å². The number of carbonyl (C=O) groups excluding carboxylic acids is 1. The molecule has 0 fully saturated rings. The van der Waals surface area contributed by atoms with E-state index in [1.807, 2.05) is 11.5 Å². The maximum Gasteiger partial charge on any atom is 0.269 e. The Kier molecular flexibility index (Phi) is 3.68. The molecule has 0 aliphatic rings. The van der Waals surface area contributed by atoms with Crippen LogP contribution in [0.1, 0.15) is 42.4 Å². The number of hydrogen-bond donors (Lipinski definition) is 1. The molecule has 4 heteroatoms. The molecule has 4 nitrogen and oxygen atoms in total. The Hall–Kier alpha value is -1.32. The molecule has 0 atom stereocenters. The minimum Gasteiger partial charge on any atom is -0.364 e. The lowest BCUT2D eigenvalue weighted by Crippen LogP contribution is -2.13. The number of amides is 1. The van der Waals surface area contributed by atoms with Gasteiger partial charge in [-0.2, -0.15) is 0 Å². The molecule has 1 rings (SSSR count). The Labute approximate surface area is 84.1 Å². The molecular formula is C10H17N3O. The lowest BCUT2D eigenvalue weighted by molar-refractivity contribution is 0.0995. The number of nitrogens with zero attached hydrogens (tertiary/aromatic N) is 2. The molecule has 0 aliphatic carbocycles. The largest absolute Gasteiger partial charge is 0.364 e. The van der Waals surface area contributed by atoms with E-state index in [9.17, 15) is 4.79 Å². The molecule has 1 heterocycles. The number of aryl methyl sites for hydroxylation is 1. The van der Waals surface area contributed by atoms with Gasteiger partial charge in [0.1, 0.15) is 5.69 Å². The second-order valence-corrected chi connectivity index (χ2v) is 3.44. The zero-order chi connectivity index (χ0) is 10.6. The van der Waals surface area contributed by atoms with Crippen molar-refractivity contribution in [1.82, 2.24) is 9.55 Å². The lowest BCUT2D eigenvalue weighted by Gasteiger charge is -2.03. The molecule has 0 unspecified atom stereocenters. The molecule has 0 saturated carbocycles. The third kappa shape index (κ3) is 2.34. The number of imidazole rings is 1. The van der Waals surface area contributed by atoms with Crippen molar-refractivity contribution in [3.05, 3.63) is 17.7 Å². The highest BCUT2D eigenvalue weighted by Gasteiger charge is 2.10. The smallest absolute Gasteiger partial charge is 0.269 e. The third-order valence-electron chi connectivity index (χ3n) is 2.34. The summed E-state index contributed by atoms with van der Waals surface area (Å²) >= 11 is 0. The van der Waals surface area contributed by atoms with Crippen LogP contribution in [0, 0.1) is 6.92 Å². The zero-order valence-electron chi connectivity index (χ0n) is 8.79. The predicted octanol–water partition coefficient (Wildman–Crippen LogP) is 1.48. The fraction of sp³-hybridized carbons (Fsp3) is 0.600. The van der Waals surface area contributed by atoms with Gasteiger partial charge in [-0.05, 0) is 13.3 Å². The van der Waals surface area contributed by atoms with E-state index in [2.05, 4.69) is 11.9 Å². The summed E-state index contributed by atoms with van der Waals surface area (Å²) in [6, 6.07) is 0. The van der Waals surface area contributed by atoms with Gasteiger partial charge in [-0.25, -0.2) is 4.98 Å². The first-order chi connectivity index (χ1) is 6.66. The Bertz CT molecular complexity index is 317. The summed E-state index contributed by atoms with van der Waals surface area (Å²) in [6.45, 7) is 4.95. The summed E-state index contributed by atoms with van der Waals surface area (Å²) in [5.74, 6) is -0.447. The van der Waals surface area contributed by atoms with Gasteiger partial charge >= 0.3 is 0 Å². The van der Waals surface area contributed by atoms with Crippen molar-refractivity contribution in [2.75, 3.05) is 0 Å². The van der Waals surface area contributed by atoms with Gasteiger partial charge in [0.2, 0.25) is 0 Å². The van der Waals surface area contributed by atoms with Gasteiger partial charge < -0.3 is 10.3 Å². The second kappa shape index (κ2) is 4.79. The molecule has 0 bridgehead atoms. The van der Waals surface area contributed by atoms with Crippen LogP contribution in [0.15, 0.2) is 6.33 Å². The molecule has 0 spiro atoms. The van der Waals surface area contributed by atoms with Crippen LogP contribution >= 0.6 is 0 Å². The first kappa shape index (κ1) is 10.8. The Balaban J connectivity index is 2.65. The Morgan fingerprint density at radius 1 is 1.57 bits per heavy atom. The average Bonchev–Trinajstić information content (AvgIpc) is 2.48. The molecule has 78 valence electrons. The minimum atomic E-state index is -0.447. The van der Waals surface area contributed by atoms with Gasteiger partial charge in [0.05, 0.1) is 6.33 Å². The summed E-state index contributed by atoms with van der Waals surface area (Å²) in [5.41, 5.74) is 6.43. The van der Waals surface area contributed by atoms with E-state index in [0.29, 0.717) is 5.69 Å². The van der Waals surface area contributed by atoms with Gasteiger partial charge in [-0.15, -0.1) is 0 Å². The molecule has 0 aliphatic heterocycles. The SMILES string of the molecule is CCCCCn1cnc(C(N)=O)c1C. The topological polar surface area (TPSA) is 60.9 Å². The molecular weight excluding hydrogens is 178 g/mol. The summed E-state index contributed by atoms with van der Waals surface area (Å²) in [7, 11) is 0. The van der Waals surface area contributed by atoms with Crippen LogP contribution in [-0.4, -0.2) is 15.5 Å². The molecule has 0 saturated heterocycles. The number of hydrogen-bond acceptors (Lipinski definition) is 2. The van der Waals surface area contributed by atoms with E-state index < -0.39 is 5.91 Å². The van der Waals surface area contributed by atoms with Gasteiger partial charge in [0.15, 0.2) is 0 Å². The highest BCUT2D eigenvalue weighted by Crippen LogP contribution is 2.07. The van der Waals surface area contributed by atoms with Crippen LogP contribution in [0.5, 0.6) is 0 Å². The van der Waals surface area contributed by atoms with Crippen LogP contribution < -0.4 is 5.73 Å². The lowest BCUT2D eigenvalue weighted by atomic mass is 10.2. The van der Waals surface area contributed by atoms with E-state index >= 15 is 0 Å². The molecule has 1 aromatic rings. The molecule has 0 aromatic carbocycles. The molecule has 2 N–H and O–H groups in total. The third-order valence-corrected chi connectivity index (χ3v) is 2.34. The van der Waals surface area contributed by atoms with Crippen molar-refractivity contribution in [3.8, 4) is 0 Å². The monoisotopic (exact) mass is 195 g/mol. The fourth-order valence-corrected chi connectivity index (χ4v) is 1.44. The summed E-state index contributed by atoms with van der Waals surface area (Å²) in [6.07, 6.45) is 5.19. The fourth-order valence-electron chi connectivity index (χ4n) is 1.44. The van der Waals surface area contributed by atoms with Gasteiger partial charge in [-0.1, -0.05) is 19.8 Å². The van der Waals surface area contributed by atoms with Crippen LogP contribution in [0.3, 0.4) is 0 Å². The summed E-state index contributed by atoms with van der Waals surface area (Å²) in [4.78, 5) is 14.9. The molecule has 0 radical (unpaired) electrons. The number of primary amides is 1. The Morgan fingerprint density at radius 2 is 2.29 bits per heavy atom. The minimum absolute atomic E-state index is 0.390. The standard InChI is InChI=1S/C10H17N3O/c1-3-4-5-6-13-7-12-9(8(13)2)10(11)14/h7H,3-6H2,1-2H3,(H2,11,14). The van der Waals surface area contributed by atoms with Crippen molar-refractivity contribution < 1.29 is 4.79 Å². The summed E-state index contributed by atoms with van der Waals surface area (Å²) in [5, 5.41) is 0. The summed E-state index contributed by atoms with van der Waals surface area (Å²) < 4.78 is 1.98. The Morgan fingerprint density at radius 3 is 2.79 bits per heavy atom.